The monoisotopic (exact) mass is 563 g/mol. The van der Waals surface area contributed by atoms with Crippen molar-refractivity contribution < 1.29 is 21.2 Å². The standard InChI is InChI=1S/C24H30FN7O4S2/c1-16(38(35,36)32-19-8-10-27-11-9-19)18-5-3-7-21(13-18)29-23-22(25)14-28-24(31-23)30-20-6-2-4-17(12-20)15-37(26,33)34/h2-7,14-15,19,27,32H,8-13H2,1H3,(H2,26,33,34)(H2,28,29,30,31). The van der Waals surface area contributed by atoms with E-state index in [1.807, 2.05) is 0 Å². The zero-order valence-corrected chi connectivity index (χ0v) is 22.4. The van der Waals surface area contributed by atoms with Gasteiger partial charge in [0.05, 0.1) is 11.1 Å². The van der Waals surface area contributed by atoms with Crippen LogP contribution >= 0.6 is 0 Å². The Kier molecular flexibility index (Phi) is 8.57. The zero-order valence-electron chi connectivity index (χ0n) is 20.7. The summed E-state index contributed by atoms with van der Waals surface area (Å²) in [5.74, 6) is -0.692. The Balaban J connectivity index is 1.45. The Bertz CT molecular complexity index is 1490. The maximum absolute atomic E-state index is 14.6. The fraction of sp³-hybridized carbons (Fsp3) is 0.333. The van der Waals surface area contributed by atoms with Crippen molar-refractivity contribution >= 4 is 31.8 Å². The fourth-order valence-electron chi connectivity index (χ4n) is 4.17. The van der Waals surface area contributed by atoms with Gasteiger partial charge in [-0.3, -0.25) is 0 Å². The van der Waals surface area contributed by atoms with E-state index >= 15 is 0 Å². The molecule has 0 amide bonds. The number of nitrogens with zero attached hydrogens (tertiary/aromatic N) is 2. The Morgan fingerprint density at radius 1 is 1.08 bits per heavy atom. The summed E-state index contributed by atoms with van der Waals surface area (Å²) in [6.07, 6.45) is 13.1. The molecule has 1 aromatic heterocycles. The molecule has 6 N–H and O–H groups in total. The average Bonchev–Trinajstić information content (AvgIpc) is 2.85. The summed E-state index contributed by atoms with van der Waals surface area (Å²) in [4.78, 5) is 8.37. The largest absolute Gasteiger partial charge is 0.341 e. The van der Waals surface area contributed by atoms with Gasteiger partial charge in [0.1, 0.15) is 0 Å². The molecular formula is C24H30FN7O4S2. The molecule has 0 unspecified atom stereocenters. The second-order valence-corrected chi connectivity index (χ2v) is 12.4. The van der Waals surface area contributed by atoms with E-state index in [1.165, 1.54) is 0 Å². The van der Waals surface area contributed by atoms with Crippen molar-refractivity contribution in [3.8, 4) is 0 Å². The molecule has 1 saturated heterocycles. The van der Waals surface area contributed by atoms with Crippen molar-refractivity contribution in [1.29, 1.82) is 0 Å². The highest BCUT2D eigenvalue weighted by Crippen LogP contribution is 2.26. The van der Waals surface area contributed by atoms with Gasteiger partial charge in [0.2, 0.25) is 26.0 Å². The maximum atomic E-state index is 14.6. The molecule has 0 radical (unpaired) electrons. The Hall–Kier alpha value is -3.17. The van der Waals surface area contributed by atoms with Crippen LogP contribution in [0.1, 0.15) is 32.6 Å². The van der Waals surface area contributed by atoms with Crippen LogP contribution in [-0.2, 0) is 20.0 Å². The highest BCUT2D eigenvalue weighted by molar-refractivity contribution is 7.93. The van der Waals surface area contributed by atoms with E-state index in [0.717, 1.165) is 37.5 Å². The van der Waals surface area contributed by atoms with Crippen LogP contribution < -0.4 is 25.8 Å². The normalized spacial score (nSPS) is 21.2. The lowest BCUT2D eigenvalue weighted by Gasteiger charge is -2.24. The molecule has 2 heterocycles. The van der Waals surface area contributed by atoms with E-state index in [0.29, 0.717) is 22.5 Å². The Labute approximate surface area is 221 Å². The number of nitrogens with one attached hydrogen (secondary N) is 4. The van der Waals surface area contributed by atoms with Gasteiger partial charge in [-0.05, 0) is 56.2 Å². The minimum Gasteiger partial charge on any atom is -0.341 e. The van der Waals surface area contributed by atoms with Crippen LogP contribution in [0.3, 0.4) is 0 Å². The van der Waals surface area contributed by atoms with Crippen LogP contribution in [-0.4, -0.2) is 45.9 Å². The van der Waals surface area contributed by atoms with Gasteiger partial charge in [0.15, 0.2) is 11.6 Å². The molecule has 11 nitrogen and oxygen atoms in total. The zero-order chi connectivity index (χ0) is 27.3. The number of aromatic nitrogens is 2. The Morgan fingerprint density at radius 2 is 1.76 bits per heavy atom. The van der Waals surface area contributed by atoms with E-state index in [4.69, 9.17) is 5.14 Å². The van der Waals surface area contributed by atoms with Crippen molar-refractivity contribution in [2.24, 2.45) is 5.14 Å². The first-order valence-corrected chi connectivity index (χ1v) is 15.0. The highest BCUT2D eigenvalue weighted by Gasteiger charge is 2.24. The molecule has 1 fully saturated rings. The van der Waals surface area contributed by atoms with Gasteiger partial charge in [-0.15, -0.1) is 0 Å². The Morgan fingerprint density at radius 3 is 2.47 bits per heavy atom. The van der Waals surface area contributed by atoms with E-state index < -0.39 is 25.9 Å². The number of allylic oxidation sites excluding steroid dienone is 9. The van der Waals surface area contributed by atoms with E-state index in [1.54, 1.807) is 43.4 Å². The van der Waals surface area contributed by atoms with Crippen molar-refractivity contribution in [3.63, 3.8) is 0 Å². The molecule has 1 aromatic rings. The second-order valence-electron chi connectivity index (χ2n) is 9.10. The van der Waals surface area contributed by atoms with E-state index in [2.05, 4.69) is 30.6 Å². The third-order valence-electron chi connectivity index (χ3n) is 6.11. The van der Waals surface area contributed by atoms with Crippen LogP contribution in [0.2, 0.25) is 0 Å². The van der Waals surface area contributed by atoms with Gasteiger partial charge < -0.3 is 16.0 Å². The summed E-state index contributed by atoms with van der Waals surface area (Å²) in [5, 5.41) is 15.1. The predicted octanol–water partition coefficient (Wildman–Crippen LogP) is 2.24. The first-order valence-electron chi connectivity index (χ1n) is 12.0. The van der Waals surface area contributed by atoms with Crippen LogP contribution in [0.4, 0.5) is 16.2 Å². The van der Waals surface area contributed by atoms with Crippen molar-refractivity contribution in [1.82, 2.24) is 20.0 Å². The minimum atomic E-state index is -3.80. The lowest BCUT2D eigenvalue weighted by Crippen LogP contribution is -2.42. The molecule has 1 aliphatic heterocycles. The minimum absolute atomic E-state index is 0.0935. The molecule has 0 bridgehead atoms. The van der Waals surface area contributed by atoms with Crippen molar-refractivity contribution in [2.45, 2.75) is 38.6 Å². The van der Waals surface area contributed by atoms with Crippen molar-refractivity contribution in [2.75, 3.05) is 23.7 Å². The molecule has 204 valence electrons. The molecule has 3 aliphatic rings. The number of nitrogens with two attached hydrogens (primary N) is 1. The van der Waals surface area contributed by atoms with Crippen LogP contribution in [0.25, 0.3) is 0 Å². The van der Waals surface area contributed by atoms with Crippen LogP contribution in [0.5, 0.6) is 0 Å². The molecule has 14 heteroatoms. The fourth-order valence-corrected chi connectivity index (χ4v) is 6.09. The second kappa shape index (κ2) is 11.7. The van der Waals surface area contributed by atoms with Crippen molar-refractivity contribution in [3.05, 3.63) is 81.3 Å². The molecule has 38 heavy (non-hydrogen) atoms. The number of anilines is 2. The van der Waals surface area contributed by atoms with Gasteiger partial charge >= 0.3 is 0 Å². The van der Waals surface area contributed by atoms with Gasteiger partial charge in [0, 0.05) is 35.7 Å². The number of primary sulfonamides is 1. The number of rotatable bonds is 8. The predicted molar refractivity (Wildman–Crippen MR) is 145 cm³/mol. The first kappa shape index (κ1) is 27.9. The van der Waals surface area contributed by atoms with Gasteiger partial charge in [-0.25, -0.2) is 36.1 Å². The quantitative estimate of drug-likeness (QED) is 0.318. The summed E-state index contributed by atoms with van der Waals surface area (Å²) in [5.41, 5.74) is 2.20. The van der Waals surface area contributed by atoms with Gasteiger partial charge in [0.25, 0.3) is 0 Å². The lowest BCUT2D eigenvalue weighted by atomic mass is 10.0. The molecule has 0 aromatic carbocycles. The number of sulfonamides is 2. The smallest absolute Gasteiger partial charge is 0.236 e. The molecule has 2 aliphatic carbocycles. The van der Waals surface area contributed by atoms with E-state index in [-0.39, 0.29) is 35.6 Å². The number of hydrogen-bond acceptors (Lipinski definition) is 9. The van der Waals surface area contributed by atoms with Gasteiger partial charge in [-0.1, -0.05) is 24.3 Å². The lowest BCUT2D eigenvalue weighted by molar-refractivity contribution is 0.428. The molecule has 0 atom stereocenters. The molecule has 0 spiro atoms. The number of halogens is 1. The number of piperidine rings is 1. The third kappa shape index (κ3) is 7.68. The highest BCUT2D eigenvalue weighted by atomic mass is 32.2. The summed E-state index contributed by atoms with van der Waals surface area (Å²) in [6.45, 7) is 3.09. The maximum Gasteiger partial charge on any atom is 0.236 e. The first-order chi connectivity index (χ1) is 18.0. The SMILES string of the molecule is CC(=C1C=CC=C(Nc2nc(NC3=CC=CC(=CS(N)(=O)=O)C3)ncc2F)C1)S(=O)(=O)NC1CCNCC1. The molecular weight excluding hydrogens is 533 g/mol. The van der Waals surface area contributed by atoms with Crippen LogP contribution in [0.15, 0.2) is 75.5 Å². The van der Waals surface area contributed by atoms with E-state index in [9.17, 15) is 21.2 Å². The summed E-state index contributed by atoms with van der Waals surface area (Å²) in [7, 11) is -7.47. The topological polar surface area (TPSA) is 168 Å². The third-order valence-corrected chi connectivity index (χ3v) is 8.45. The van der Waals surface area contributed by atoms with Crippen LogP contribution in [0, 0.1) is 5.82 Å². The summed E-state index contributed by atoms with van der Waals surface area (Å²) >= 11 is 0. The van der Waals surface area contributed by atoms with Gasteiger partial charge in [-0.2, -0.15) is 4.98 Å². The summed E-state index contributed by atoms with van der Waals surface area (Å²) < 4.78 is 65.9. The molecule has 0 saturated carbocycles. The summed E-state index contributed by atoms with van der Waals surface area (Å²) in [6, 6.07) is -0.111. The molecule has 4 rings (SSSR count). The average molecular weight is 564 g/mol. The number of hydrogen-bond donors (Lipinski definition) is 5.